The van der Waals surface area contributed by atoms with Crippen LogP contribution in [0.25, 0.3) is 11.4 Å². The zero-order chi connectivity index (χ0) is 20.9. The summed E-state index contributed by atoms with van der Waals surface area (Å²) in [5.41, 5.74) is 2.54. The number of hydrogen-bond donors (Lipinski definition) is 1. The maximum atomic E-state index is 12.4. The lowest BCUT2D eigenvalue weighted by molar-refractivity contribution is 0.136. The Kier molecular flexibility index (Phi) is 6.09. The Morgan fingerprint density at radius 1 is 1.17 bits per heavy atom. The van der Waals surface area contributed by atoms with Crippen LogP contribution < -0.4 is 15.0 Å². The van der Waals surface area contributed by atoms with Crippen molar-refractivity contribution in [3.05, 3.63) is 70.4 Å². The van der Waals surface area contributed by atoms with Gasteiger partial charge in [0.05, 0.1) is 26.0 Å². The monoisotopic (exact) mass is 406 g/mol. The van der Waals surface area contributed by atoms with Crippen molar-refractivity contribution in [2.24, 2.45) is 0 Å². The summed E-state index contributed by atoms with van der Waals surface area (Å²) in [6.07, 6.45) is 6.60. The largest absolute Gasteiger partial charge is 0.497 e. The number of H-pyrrole nitrogens is 1. The van der Waals surface area contributed by atoms with Gasteiger partial charge in [0.1, 0.15) is 17.3 Å². The molecule has 7 nitrogen and oxygen atoms in total. The maximum absolute atomic E-state index is 12.4. The molecule has 7 heteroatoms. The van der Waals surface area contributed by atoms with Gasteiger partial charge in [0.15, 0.2) is 0 Å². The maximum Gasteiger partial charge on any atom is 0.251 e. The molecule has 0 spiro atoms. The molecule has 0 aliphatic carbocycles. The minimum absolute atomic E-state index is 0.0725. The predicted octanol–water partition coefficient (Wildman–Crippen LogP) is 3.58. The van der Waals surface area contributed by atoms with Crippen molar-refractivity contribution < 1.29 is 9.47 Å². The zero-order valence-electron chi connectivity index (χ0n) is 17.3. The Morgan fingerprint density at radius 3 is 2.83 bits per heavy atom. The summed E-state index contributed by atoms with van der Waals surface area (Å²) in [5.74, 6) is 2.12. The fraction of sp³-hybridized carbons (Fsp3) is 0.348. The second-order valence-corrected chi connectivity index (χ2v) is 7.42. The minimum atomic E-state index is -0.147. The van der Waals surface area contributed by atoms with E-state index >= 15 is 0 Å². The van der Waals surface area contributed by atoms with Crippen molar-refractivity contribution in [2.45, 2.75) is 31.8 Å². The summed E-state index contributed by atoms with van der Waals surface area (Å²) < 4.78 is 10.9. The molecule has 3 aromatic rings. The average molecular weight is 406 g/mol. The van der Waals surface area contributed by atoms with Gasteiger partial charge >= 0.3 is 0 Å². The number of nitrogens with zero attached hydrogens (tertiary/aromatic N) is 3. The number of piperidine rings is 1. The van der Waals surface area contributed by atoms with E-state index in [0.29, 0.717) is 12.4 Å². The Bertz CT molecular complexity index is 1050. The average Bonchev–Trinajstić information content (AvgIpc) is 2.80. The highest BCUT2D eigenvalue weighted by Gasteiger charge is 2.27. The lowest BCUT2D eigenvalue weighted by Gasteiger charge is -2.35. The number of methoxy groups -OCH3 is 2. The summed E-state index contributed by atoms with van der Waals surface area (Å²) in [6.45, 7) is 1.66. The van der Waals surface area contributed by atoms with Crippen LogP contribution in [0.4, 0.5) is 0 Å². The van der Waals surface area contributed by atoms with Crippen molar-refractivity contribution in [1.29, 1.82) is 0 Å². The van der Waals surface area contributed by atoms with E-state index in [4.69, 9.17) is 14.5 Å². The molecule has 1 aromatic carbocycles. The molecule has 30 heavy (non-hydrogen) atoms. The number of rotatable bonds is 6. The van der Waals surface area contributed by atoms with E-state index in [-0.39, 0.29) is 11.6 Å². The smallest absolute Gasteiger partial charge is 0.251 e. The van der Waals surface area contributed by atoms with Gasteiger partial charge in [-0.05, 0) is 37.6 Å². The second kappa shape index (κ2) is 9.09. The quantitative estimate of drug-likeness (QED) is 0.674. The van der Waals surface area contributed by atoms with Crippen molar-refractivity contribution in [2.75, 3.05) is 20.8 Å². The first-order chi connectivity index (χ1) is 14.7. The topological polar surface area (TPSA) is 80.3 Å². The third kappa shape index (κ3) is 4.36. The highest BCUT2D eigenvalue weighted by atomic mass is 16.5. The van der Waals surface area contributed by atoms with Gasteiger partial charge in [0.2, 0.25) is 0 Å². The molecule has 0 radical (unpaired) electrons. The standard InChI is InChI=1S/C23H26N4O3/c1-29-18-9-8-17(21(12-18)30-2)15-27-11-4-3-7-20(27)19-13-22(28)26-23(25-19)16-6-5-10-24-14-16/h5-6,8-10,12-14,20H,3-4,7,11,15H2,1-2H3,(H,25,26,28)/t20-/m1/s1. The number of hydrogen-bond acceptors (Lipinski definition) is 6. The molecule has 0 bridgehead atoms. The molecule has 1 aliphatic rings. The van der Waals surface area contributed by atoms with Crippen LogP contribution in [-0.2, 0) is 6.54 Å². The van der Waals surface area contributed by atoms with E-state index in [0.717, 1.165) is 54.1 Å². The number of aromatic amines is 1. The third-order valence-electron chi connectivity index (χ3n) is 5.52. The molecule has 1 fully saturated rings. The molecular weight excluding hydrogens is 380 g/mol. The molecule has 2 aromatic heterocycles. The van der Waals surface area contributed by atoms with E-state index in [2.05, 4.69) is 14.9 Å². The first kappa shape index (κ1) is 20.1. The van der Waals surface area contributed by atoms with Crippen molar-refractivity contribution in [3.8, 4) is 22.9 Å². The van der Waals surface area contributed by atoms with Gasteiger partial charge in [-0.3, -0.25) is 14.7 Å². The summed E-state index contributed by atoms with van der Waals surface area (Å²) in [4.78, 5) is 26.6. The Hall–Kier alpha value is -3.19. The molecular formula is C23H26N4O3. The summed E-state index contributed by atoms with van der Waals surface area (Å²) in [5, 5.41) is 0. The third-order valence-corrected chi connectivity index (χ3v) is 5.52. The fourth-order valence-electron chi connectivity index (χ4n) is 4.00. The van der Waals surface area contributed by atoms with Crippen LogP contribution in [0, 0.1) is 0 Å². The Balaban J connectivity index is 1.65. The predicted molar refractivity (Wildman–Crippen MR) is 115 cm³/mol. The summed E-state index contributed by atoms with van der Waals surface area (Å²) in [6, 6.07) is 11.3. The van der Waals surface area contributed by atoms with Crippen molar-refractivity contribution in [1.82, 2.24) is 19.9 Å². The van der Waals surface area contributed by atoms with Gasteiger partial charge < -0.3 is 14.5 Å². The molecule has 0 amide bonds. The van der Waals surface area contributed by atoms with E-state index in [1.165, 1.54) is 0 Å². The molecule has 4 rings (SSSR count). The Morgan fingerprint density at radius 2 is 2.07 bits per heavy atom. The summed E-state index contributed by atoms with van der Waals surface area (Å²) >= 11 is 0. The molecule has 1 aliphatic heterocycles. The molecule has 1 atom stereocenters. The van der Waals surface area contributed by atoms with Crippen LogP contribution in [0.15, 0.2) is 53.6 Å². The molecule has 0 unspecified atom stereocenters. The normalized spacial score (nSPS) is 16.9. The number of likely N-dealkylation sites (tertiary alicyclic amines) is 1. The number of ether oxygens (including phenoxy) is 2. The highest BCUT2D eigenvalue weighted by molar-refractivity contribution is 5.52. The van der Waals surface area contributed by atoms with Crippen molar-refractivity contribution in [3.63, 3.8) is 0 Å². The Labute approximate surface area is 175 Å². The minimum Gasteiger partial charge on any atom is -0.497 e. The van der Waals surface area contributed by atoms with Gasteiger partial charge in [-0.2, -0.15) is 0 Å². The lowest BCUT2D eigenvalue weighted by Crippen LogP contribution is -2.34. The van der Waals surface area contributed by atoms with Gasteiger partial charge in [-0.25, -0.2) is 4.98 Å². The van der Waals surface area contributed by atoms with Gasteiger partial charge in [0.25, 0.3) is 5.56 Å². The number of aromatic nitrogens is 3. The first-order valence-electron chi connectivity index (χ1n) is 10.1. The van der Waals surface area contributed by atoms with Crippen LogP contribution in [-0.4, -0.2) is 40.6 Å². The van der Waals surface area contributed by atoms with Gasteiger partial charge in [-0.1, -0.05) is 12.5 Å². The van der Waals surface area contributed by atoms with Crippen LogP contribution >= 0.6 is 0 Å². The molecule has 0 saturated carbocycles. The number of nitrogens with one attached hydrogen (secondary N) is 1. The summed E-state index contributed by atoms with van der Waals surface area (Å²) in [7, 11) is 3.32. The molecule has 1 N–H and O–H groups in total. The highest BCUT2D eigenvalue weighted by Crippen LogP contribution is 2.34. The zero-order valence-corrected chi connectivity index (χ0v) is 17.3. The van der Waals surface area contributed by atoms with Crippen LogP contribution in [0.5, 0.6) is 11.5 Å². The molecule has 1 saturated heterocycles. The fourth-order valence-corrected chi connectivity index (χ4v) is 4.00. The van der Waals surface area contributed by atoms with E-state index in [1.54, 1.807) is 32.7 Å². The number of pyridine rings is 1. The van der Waals surface area contributed by atoms with E-state index < -0.39 is 0 Å². The molecule has 156 valence electrons. The van der Waals surface area contributed by atoms with Crippen LogP contribution in [0.3, 0.4) is 0 Å². The van der Waals surface area contributed by atoms with Crippen LogP contribution in [0.1, 0.15) is 36.6 Å². The first-order valence-corrected chi connectivity index (χ1v) is 10.1. The van der Waals surface area contributed by atoms with Gasteiger partial charge in [-0.15, -0.1) is 0 Å². The van der Waals surface area contributed by atoms with Crippen LogP contribution in [0.2, 0.25) is 0 Å². The van der Waals surface area contributed by atoms with Gasteiger partial charge in [0, 0.05) is 42.2 Å². The SMILES string of the molecule is COc1ccc(CN2CCCC[C@@H]2c2cc(=O)[nH]c(-c3cccnc3)n2)c(OC)c1. The lowest BCUT2D eigenvalue weighted by atomic mass is 9.98. The second-order valence-electron chi connectivity index (χ2n) is 7.42. The van der Waals surface area contributed by atoms with E-state index in [1.807, 2.05) is 30.3 Å². The van der Waals surface area contributed by atoms with E-state index in [9.17, 15) is 4.79 Å². The molecule has 3 heterocycles. The van der Waals surface area contributed by atoms with Crippen molar-refractivity contribution >= 4 is 0 Å². The number of benzene rings is 1.